The predicted octanol–water partition coefficient (Wildman–Crippen LogP) is 2.50. The number of likely N-dealkylation sites (N-methyl/N-ethyl adjacent to an activating group) is 1. The van der Waals surface area contributed by atoms with Crippen LogP contribution >= 0.6 is 0 Å². The number of nitrogens with zero attached hydrogens (tertiary/aromatic N) is 2. The molecule has 0 aliphatic carbocycles. The summed E-state index contributed by atoms with van der Waals surface area (Å²) in [6.45, 7) is 2.74. The van der Waals surface area contributed by atoms with Crippen LogP contribution < -0.4 is 15.1 Å². The molecule has 1 aliphatic rings. The zero-order valence-electron chi connectivity index (χ0n) is 13.0. The van der Waals surface area contributed by atoms with Gasteiger partial charge in [0.1, 0.15) is 6.54 Å². The molecule has 0 spiro atoms. The van der Waals surface area contributed by atoms with E-state index in [0.717, 1.165) is 17.1 Å². The highest BCUT2D eigenvalue weighted by atomic mass is 16.2. The average Bonchev–Trinajstić information content (AvgIpc) is 2.59. The Balaban J connectivity index is 1.83. The molecule has 3 rings (SSSR count). The van der Waals surface area contributed by atoms with Crippen LogP contribution in [0.15, 0.2) is 54.6 Å². The van der Waals surface area contributed by atoms with Crippen molar-refractivity contribution in [2.24, 2.45) is 0 Å². The van der Waals surface area contributed by atoms with E-state index >= 15 is 0 Å². The molecule has 0 atom stereocenters. The first-order valence-electron chi connectivity index (χ1n) is 7.69. The minimum atomic E-state index is -0.0961. The highest BCUT2D eigenvalue weighted by molar-refractivity contribution is 6.08. The van der Waals surface area contributed by atoms with E-state index in [4.69, 9.17) is 0 Å². The van der Waals surface area contributed by atoms with Gasteiger partial charge in [-0.2, -0.15) is 0 Å². The van der Waals surface area contributed by atoms with Crippen molar-refractivity contribution in [2.45, 2.75) is 6.92 Å². The van der Waals surface area contributed by atoms with Crippen LogP contribution in [0.3, 0.4) is 0 Å². The highest BCUT2D eigenvalue weighted by Crippen LogP contribution is 2.29. The molecule has 2 aromatic rings. The van der Waals surface area contributed by atoms with E-state index in [2.05, 4.69) is 5.32 Å². The van der Waals surface area contributed by atoms with E-state index in [1.165, 1.54) is 0 Å². The number of benzene rings is 2. The molecule has 23 heavy (non-hydrogen) atoms. The zero-order valence-corrected chi connectivity index (χ0v) is 13.0. The number of nitrogens with one attached hydrogen (secondary N) is 1. The van der Waals surface area contributed by atoms with E-state index in [1.807, 2.05) is 61.5 Å². The van der Waals surface area contributed by atoms with E-state index in [1.54, 1.807) is 9.80 Å². The van der Waals surface area contributed by atoms with E-state index in [-0.39, 0.29) is 24.9 Å². The summed E-state index contributed by atoms with van der Waals surface area (Å²) in [4.78, 5) is 28.2. The molecule has 2 aromatic carbocycles. The Morgan fingerprint density at radius 2 is 1.83 bits per heavy atom. The number of amides is 2. The third-order valence-corrected chi connectivity index (χ3v) is 3.90. The fourth-order valence-corrected chi connectivity index (χ4v) is 2.76. The zero-order chi connectivity index (χ0) is 16.2. The summed E-state index contributed by atoms with van der Waals surface area (Å²) in [5.74, 6) is -0.190. The number of carbonyl (C=O) groups excluding carboxylic acids is 2. The molecular weight excluding hydrogens is 290 g/mol. The molecule has 5 heteroatoms. The lowest BCUT2D eigenvalue weighted by molar-refractivity contribution is -0.121. The first-order chi connectivity index (χ1) is 11.2. The summed E-state index contributed by atoms with van der Waals surface area (Å²) >= 11 is 0. The number of rotatable bonds is 4. The normalized spacial score (nSPS) is 13.3. The second kappa shape index (κ2) is 6.52. The summed E-state index contributed by atoms with van der Waals surface area (Å²) in [5.41, 5.74) is 2.47. The van der Waals surface area contributed by atoms with Gasteiger partial charge in [0, 0.05) is 12.2 Å². The van der Waals surface area contributed by atoms with Crippen LogP contribution in [-0.4, -0.2) is 31.4 Å². The molecule has 0 saturated heterocycles. The predicted molar refractivity (Wildman–Crippen MR) is 91.8 cm³/mol. The largest absolute Gasteiger partial charge is 0.374 e. The molecule has 1 N–H and O–H groups in total. The van der Waals surface area contributed by atoms with E-state index in [9.17, 15) is 9.59 Å². The van der Waals surface area contributed by atoms with Gasteiger partial charge < -0.3 is 10.2 Å². The summed E-state index contributed by atoms with van der Waals surface area (Å²) in [6.07, 6.45) is 0. The Labute approximate surface area is 135 Å². The molecule has 0 radical (unpaired) electrons. The van der Waals surface area contributed by atoms with Gasteiger partial charge >= 0.3 is 0 Å². The summed E-state index contributed by atoms with van der Waals surface area (Å²) in [6, 6.07) is 17.0. The maximum absolute atomic E-state index is 12.7. The Morgan fingerprint density at radius 3 is 2.57 bits per heavy atom. The number of carbonyl (C=O) groups is 2. The lowest BCUT2D eigenvalue weighted by atomic mass is 10.2. The van der Waals surface area contributed by atoms with Crippen LogP contribution in [0.2, 0.25) is 0 Å². The smallest absolute Gasteiger partial charge is 0.247 e. The number of hydrogen-bond acceptors (Lipinski definition) is 3. The Bertz CT molecular complexity index is 715. The molecule has 1 heterocycles. The number of para-hydroxylation sites is 3. The highest BCUT2D eigenvalue weighted by Gasteiger charge is 2.27. The third kappa shape index (κ3) is 3.04. The van der Waals surface area contributed by atoms with Gasteiger partial charge in [0.2, 0.25) is 11.8 Å². The molecular formula is C18H19N3O2. The fraction of sp³-hybridized carbons (Fsp3) is 0.222. The molecule has 118 valence electrons. The van der Waals surface area contributed by atoms with Crippen LogP contribution in [0.5, 0.6) is 0 Å². The van der Waals surface area contributed by atoms with Crippen molar-refractivity contribution in [2.75, 3.05) is 34.8 Å². The maximum atomic E-state index is 12.7. The van der Waals surface area contributed by atoms with Crippen LogP contribution in [-0.2, 0) is 9.59 Å². The summed E-state index contributed by atoms with van der Waals surface area (Å²) in [7, 11) is 0. The third-order valence-electron chi connectivity index (χ3n) is 3.90. The van der Waals surface area contributed by atoms with Crippen LogP contribution in [0.25, 0.3) is 0 Å². The molecule has 0 fully saturated rings. The quantitative estimate of drug-likeness (QED) is 0.944. The molecule has 5 nitrogen and oxygen atoms in total. The molecule has 1 aliphatic heterocycles. The molecule has 0 bridgehead atoms. The van der Waals surface area contributed by atoms with Gasteiger partial charge in [-0.05, 0) is 31.2 Å². The minimum Gasteiger partial charge on any atom is -0.374 e. The second-order valence-corrected chi connectivity index (χ2v) is 5.32. The van der Waals surface area contributed by atoms with Gasteiger partial charge in [0.05, 0.1) is 17.9 Å². The Morgan fingerprint density at radius 1 is 1.13 bits per heavy atom. The second-order valence-electron chi connectivity index (χ2n) is 5.32. The fourth-order valence-electron chi connectivity index (χ4n) is 2.76. The van der Waals surface area contributed by atoms with Crippen LogP contribution in [0.4, 0.5) is 17.1 Å². The molecule has 0 unspecified atom stereocenters. The molecule has 0 saturated carbocycles. The topological polar surface area (TPSA) is 52.7 Å². The van der Waals surface area contributed by atoms with Crippen molar-refractivity contribution in [1.29, 1.82) is 0 Å². The minimum absolute atomic E-state index is 0.0419. The van der Waals surface area contributed by atoms with Crippen molar-refractivity contribution >= 4 is 28.9 Å². The molecule has 2 amide bonds. The first kappa shape index (κ1) is 15.1. The molecule has 0 aromatic heterocycles. The number of fused-ring (bicyclic) bond motifs is 1. The van der Waals surface area contributed by atoms with Crippen LogP contribution in [0, 0.1) is 0 Å². The van der Waals surface area contributed by atoms with E-state index in [0.29, 0.717) is 6.54 Å². The summed E-state index contributed by atoms with van der Waals surface area (Å²) < 4.78 is 0. The Hall–Kier alpha value is -2.82. The first-order valence-corrected chi connectivity index (χ1v) is 7.69. The lowest BCUT2D eigenvalue weighted by Gasteiger charge is -2.31. The lowest BCUT2D eigenvalue weighted by Crippen LogP contribution is -2.47. The SMILES string of the molecule is CCN(C(=O)CN1C(=O)CNc2ccccc21)c1ccccc1. The van der Waals surface area contributed by atoms with Crippen molar-refractivity contribution in [1.82, 2.24) is 0 Å². The van der Waals surface area contributed by atoms with E-state index < -0.39 is 0 Å². The average molecular weight is 309 g/mol. The van der Waals surface area contributed by atoms with Gasteiger partial charge in [-0.3, -0.25) is 14.5 Å². The maximum Gasteiger partial charge on any atom is 0.247 e. The number of hydrogen-bond donors (Lipinski definition) is 1. The van der Waals surface area contributed by atoms with Gasteiger partial charge in [-0.15, -0.1) is 0 Å². The summed E-state index contributed by atoms with van der Waals surface area (Å²) in [5, 5.41) is 3.07. The van der Waals surface area contributed by atoms with Gasteiger partial charge in [-0.25, -0.2) is 0 Å². The number of anilines is 3. The van der Waals surface area contributed by atoms with Gasteiger partial charge in [-0.1, -0.05) is 30.3 Å². The van der Waals surface area contributed by atoms with Gasteiger partial charge in [0.15, 0.2) is 0 Å². The monoisotopic (exact) mass is 309 g/mol. The van der Waals surface area contributed by atoms with Crippen molar-refractivity contribution in [3.05, 3.63) is 54.6 Å². The van der Waals surface area contributed by atoms with Gasteiger partial charge in [0.25, 0.3) is 0 Å². The van der Waals surface area contributed by atoms with Crippen molar-refractivity contribution in [3.8, 4) is 0 Å². The van der Waals surface area contributed by atoms with Crippen LogP contribution in [0.1, 0.15) is 6.92 Å². The van der Waals surface area contributed by atoms with Crippen molar-refractivity contribution in [3.63, 3.8) is 0 Å². The van der Waals surface area contributed by atoms with Crippen molar-refractivity contribution < 1.29 is 9.59 Å². The standard InChI is InChI=1S/C18H19N3O2/c1-2-20(14-8-4-3-5-9-14)18(23)13-21-16-11-7-6-10-15(16)19-12-17(21)22/h3-11,19H,2,12-13H2,1H3. The Kier molecular flexibility index (Phi) is 4.28.